The Kier molecular flexibility index (Phi) is 21.7. The number of nitrogens with two attached hydrogens (primary N) is 2. The van der Waals surface area contributed by atoms with Crippen LogP contribution in [0.25, 0.3) is 43.4 Å². The van der Waals surface area contributed by atoms with Crippen LogP contribution in [-0.4, -0.2) is 147 Å². The molecule has 10 bridgehead atoms. The number of carbonyl (C=O) groups is 8. The number of carbonyl (C=O) groups excluding carboxylic acids is 8. The Morgan fingerprint density at radius 3 is 2.08 bits per heavy atom. The predicted octanol–water partition coefficient (Wildman–Crippen LogP) is 8.05. The highest BCUT2D eigenvalue weighted by Gasteiger charge is 2.48. The van der Waals surface area contributed by atoms with Gasteiger partial charge in [0, 0.05) is 76.9 Å². The molecule has 11 rings (SSSR count). The maximum Gasteiger partial charge on any atom is 0.407 e. The summed E-state index contributed by atoms with van der Waals surface area (Å²) in [5, 5.41) is 21.6. The predicted molar refractivity (Wildman–Crippen MR) is 358 cm³/mol. The molecule has 0 unspecified atom stereocenters. The van der Waals surface area contributed by atoms with E-state index in [2.05, 4.69) is 26.3 Å². The molecule has 1 saturated heterocycles. The number of ether oxygens (including phenoxy) is 5. The third-order valence-corrected chi connectivity index (χ3v) is 20.9. The van der Waals surface area contributed by atoms with Gasteiger partial charge in [0.25, 0.3) is 23.6 Å². The number of fused-ring (bicyclic) bond motifs is 16. The lowest BCUT2D eigenvalue weighted by atomic mass is 10.00. The number of esters is 1. The van der Waals surface area contributed by atoms with Gasteiger partial charge in [0.1, 0.15) is 93.8 Å². The number of thiazole rings is 6. The van der Waals surface area contributed by atoms with Crippen LogP contribution in [0.2, 0.25) is 0 Å². The molecule has 96 heavy (non-hydrogen) atoms. The molecule has 8 N–H and O–H groups in total. The van der Waals surface area contributed by atoms with Crippen molar-refractivity contribution in [2.45, 2.75) is 76.4 Å². The second kappa shape index (κ2) is 30.6. The number of rotatable bonds is 18. The first-order valence-electron chi connectivity index (χ1n) is 29.8. The van der Waals surface area contributed by atoms with Gasteiger partial charge < -0.3 is 61.3 Å². The van der Waals surface area contributed by atoms with Crippen molar-refractivity contribution < 1.29 is 62.0 Å². The number of benzene rings is 2. The molecular formula is C63H62N14O13S6. The summed E-state index contributed by atoms with van der Waals surface area (Å²) in [6, 6.07) is 14.4. The summed E-state index contributed by atoms with van der Waals surface area (Å²) in [6.45, 7) is 5.92. The minimum absolute atomic E-state index is 0.0310. The molecule has 27 nitrogen and oxygen atoms in total. The zero-order valence-corrected chi connectivity index (χ0v) is 56.8. The summed E-state index contributed by atoms with van der Waals surface area (Å²) in [5.74, 6) is -4.85. The monoisotopic (exact) mass is 1410 g/mol. The molecule has 2 aromatic carbocycles. The fraction of sp³-hybridized carbons (Fsp3) is 0.317. The van der Waals surface area contributed by atoms with Gasteiger partial charge in [0.2, 0.25) is 11.8 Å². The number of methoxy groups -OCH3 is 2. The van der Waals surface area contributed by atoms with E-state index in [1.54, 1.807) is 96.4 Å². The van der Waals surface area contributed by atoms with Gasteiger partial charge >= 0.3 is 12.1 Å². The number of amides is 7. The Morgan fingerprint density at radius 2 is 1.35 bits per heavy atom. The topological polar surface area (TPSA) is 376 Å². The molecule has 2 aliphatic heterocycles. The number of aryl methyl sites for hydroxylation is 1. The van der Waals surface area contributed by atoms with E-state index in [1.807, 2.05) is 6.92 Å². The molecule has 7 amide bonds. The Balaban J connectivity index is 1.02. The van der Waals surface area contributed by atoms with Crippen LogP contribution in [0.5, 0.6) is 5.75 Å². The van der Waals surface area contributed by atoms with Gasteiger partial charge in [0.15, 0.2) is 6.10 Å². The Hall–Kier alpha value is -9.35. The van der Waals surface area contributed by atoms with Crippen molar-refractivity contribution in [2.24, 2.45) is 17.4 Å². The molecule has 1 fully saturated rings. The van der Waals surface area contributed by atoms with E-state index in [0.717, 1.165) is 45.3 Å². The molecule has 0 spiro atoms. The van der Waals surface area contributed by atoms with E-state index < -0.39 is 96.2 Å². The van der Waals surface area contributed by atoms with Crippen LogP contribution in [0.15, 0.2) is 93.6 Å². The van der Waals surface area contributed by atoms with Gasteiger partial charge in [-0.25, -0.2) is 39.7 Å². The number of hydrogen-bond donors (Lipinski definition) is 6. The van der Waals surface area contributed by atoms with Crippen molar-refractivity contribution in [1.29, 1.82) is 0 Å². The lowest BCUT2D eigenvalue weighted by Crippen LogP contribution is -2.50. The quantitative estimate of drug-likeness (QED) is 0.0349. The van der Waals surface area contributed by atoms with Crippen molar-refractivity contribution in [1.82, 2.24) is 61.1 Å². The zero-order valence-electron chi connectivity index (χ0n) is 51.9. The van der Waals surface area contributed by atoms with E-state index in [1.165, 1.54) is 52.8 Å². The van der Waals surface area contributed by atoms with Crippen LogP contribution in [0.1, 0.15) is 124 Å². The summed E-state index contributed by atoms with van der Waals surface area (Å²) in [7, 11) is 3.09. The smallest absolute Gasteiger partial charge is 0.407 e. The summed E-state index contributed by atoms with van der Waals surface area (Å²) in [4.78, 5) is 148. The fourth-order valence-electron chi connectivity index (χ4n) is 10.7. The van der Waals surface area contributed by atoms with Crippen molar-refractivity contribution in [3.8, 4) is 49.1 Å². The average molecular weight is 1420 g/mol. The normalized spacial score (nSPS) is 18.5. The van der Waals surface area contributed by atoms with Crippen LogP contribution >= 0.6 is 68.0 Å². The number of nitrogens with zero attached hydrogens (tertiary/aromatic N) is 8. The van der Waals surface area contributed by atoms with Gasteiger partial charge in [0.05, 0.1) is 51.1 Å². The number of nitrogens with one attached hydrogen (secondary N) is 4. The molecule has 498 valence electrons. The molecule has 9 aromatic rings. The Labute approximate surface area is 572 Å². The van der Waals surface area contributed by atoms with E-state index >= 15 is 14.4 Å². The van der Waals surface area contributed by atoms with Gasteiger partial charge in [-0.05, 0) is 48.7 Å². The van der Waals surface area contributed by atoms with Gasteiger partial charge in [-0.15, -0.1) is 68.0 Å². The lowest BCUT2D eigenvalue weighted by Gasteiger charge is -2.29. The van der Waals surface area contributed by atoms with E-state index in [0.29, 0.717) is 96.4 Å². The third-order valence-electron chi connectivity index (χ3n) is 15.4. The van der Waals surface area contributed by atoms with Gasteiger partial charge in [-0.2, -0.15) is 0 Å². The number of pyridine rings is 1. The highest BCUT2D eigenvalue weighted by Crippen LogP contribution is 2.44. The third kappa shape index (κ3) is 15.8. The Bertz CT molecular complexity index is 4340. The van der Waals surface area contributed by atoms with E-state index in [-0.39, 0.29) is 52.3 Å². The van der Waals surface area contributed by atoms with Crippen molar-refractivity contribution in [3.63, 3.8) is 0 Å². The molecule has 2 aliphatic rings. The summed E-state index contributed by atoms with van der Waals surface area (Å²) >= 11 is 6.82. The largest absolute Gasteiger partial charge is 0.497 e. The summed E-state index contributed by atoms with van der Waals surface area (Å²) in [5.41, 5.74) is 14.2. The van der Waals surface area contributed by atoms with Crippen molar-refractivity contribution in [3.05, 3.63) is 147 Å². The van der Waals surface area contributed by atoms with Crippen LogP contribution in [0.3, 0.4) is 0 Å². The maximum absolute atomic E-state index is 15.7. The highest BCUT2D eigenvalue weighted by atomic mass is 32.1. The molecule has 33 heteroatoms. The Morgan fingerprint density at radius 1 is 0.677 bits per heavy atom. The molecule has 0 saturated carbocycles. The highest BCUT2D eigenvalue weighted by molar-refractivity contribution is 7.15. The van der Waals surface area contributed by atoms with Gasteiger partial charge in [-0.3, -0.25) is 33.6 Å². The summed E-state index contributed by atoms with van der Waals surface area (Å²) < 4.78 is 28.2. The second-order valence-corrected chi connectivity index (χ2v) is 27.5. The zero-order chi connectivity index (χ0) is 67.7. The standard InChI is InChI=1S/C63H62N14O13S6/c1-30-45(89-32(3)78)24-77-50(30)61-74-44(29-95-61)58-70-40(25-92-58)48-36(16-17-37(67-48)57-71-41(26-93-57)52(65)80)56-72-42(27-91-56)53(81)68-38(23-46(64)79)59-76-47(31(2)96-59)55(83)75-49(51(34-10-7-6-8-11-34)90-63(85)66-18-9-19-88-21-20-86-4)60-73-43(28-94-60)54(82)69-39(62(77)84)22-33-12-14-35(87-5)15-13-33/h6-8,10-17,25-30,38-39,45,49-51H,9,18-24H2,1-5H3,(H2,64,79)(H2,65,80)(H,66,85)(H,68,81)(H,69,82)(H,75,83)/t30-,38-,39-,45-,49-,50-,51+/m0/s1. The van der Waals surface area contributed by atoms with E-state index in [4.69, 9.17) is 65.1 Å². The molecular weight excluding hydrogens is 1350 g/mol. The van der Waals surface area contributed by atoms with Crippen LogP contribution in [-0.2, 0) is 39.8 Å². The molecule has 0 radical (unpaired) electrons. The van der Waals surface area contributed by atoms with Crippen LogP contribution in [0, 0.1) is 12.8 Å². The first-order chi connectivity index (χ1) is 46.3. The summed E-state index contributed by atoms with van der Waals surface area (Å²) in [6.07, 6.45) is -3.02. The van der Waals surface area contributed by atoms with Crippen molar-refractivity contribution >= 4 is 116 Å². The minimum atomic E-state index is -1.34. The van der Waals surface area contributed by atoms with Crippen LogP contribution < -0.4 is 37.5 Å². The van der Waals surface area contributed by atoms with E-state index in [9.17, 15) is 24.0 Å². The van der Waals surface area contributed by atoms with Crippen molar-refractivity contribution in [2.75, 3.05) is 47.1 Å². The average Bonchev–Trinajstić information content (AvgIpc) is 1.59. The number of hydrogen-bond acceptors (Lipinski definition) is 26. The minimum Gasteiger partial charge on any atom is -0.497 e. The maximum atomic E-state index is 15.7. The second-order valence-electron chi connectivity index (χ2n) is 22.0. The fourth-order valence-corrected chi connectivity index (χ4v) is 16.0. The first-order valence-corrected chi connectivity index (χ1v) is 35.0. The lowest BCUT2D eigenvalue weighted by molar-refractivity contribution is -0.148. The molecule has 0 aliphatic carbocycles. The molecule has 9 heterocycles. The number of aromatic nitrogens is 7. The van der Waals surface area contributed by atoms with Crippen LogP contribution in [0.4, 0.5) is 4.79 Å². The number of primary amides is 2. The first kappa shape index (κ1) is 68.0. The number of alkyl carbamates (subject to hydrolysis) is 1. The SMILES string of the molecule is COCCOCCCNC(=O)O[C@H](c1ccccc1)[C@@H]1NC(=O)c2nc(sc2C)[C@H](CC(N)=O)NC(=O)c2csc(n2)-c2ccc(-c3nc(C(N)=O)cs3)nc2-c2csc(n2)-c2csc(n2)[C@@H]2[C@@H](C)[C@@H](OC(C)=O)CN2C(=O)[C@H](Cc2ccc(OC)cc2)NC(=O)c2csc1n2. The van der Waals surface area contributed by atoms with Gasteiger partial charge in [-0.1, -0.05) is 49.4 Å². The molecule has 7 aromatic heterocycles. The molecule has 7 atom stereocenters.